The maximum Gasteiger partial charge on any atom is 0.418 e. The lowest BCUT2D eigenvalue weighted by Crippen LogP contribution is -2.20. The molecule has 1 aromatic carbocycles. The largest absolute Gasteiger partial charge is 0.418 e. The van der Waals surface area contributed by atoms with Gasteiger partial charge in [-0.25, -0.2) is 0 Å². The Labute approximate surface area is 97.8 Å². The van der Waals surface area contributed by atoms with Gasteiger partial charge >= 0.3 is 6.18 Å². The number of benzene rings is 1. The molecule has 0 atom stereocenters. The summed E-state index contributed by atoms with van der Waals surface area (Å²) in [4.78, 5) is 1.56. The molecule has 1 rings (SSSR count). The van der Waals surface area contributed by atoms with Gasteiger partial charge in [0.15, 0.2) is 0 Å². The van der Waals surface area contributed by atoms with Crippen molar-refractivity contribution in [2.24, 2.45) is 0 Å². The quantitative estimate of drug-likeness (QED) is 0.737. The molecule has 0 amide bonds. The molecule has 0 heterocycles. The Hall–Kier alpha value is -0.900. The Morgan fingerprint density at radius 1 is 1.31 bits per heavy atom. The minimum atomic E-state index is -4.35. The fraction of sp³-hybridized carbons (Fsp3) is 0.455. The summed E-state index contributed by atoms with van der Waals surface area (Å²) >= 11 is 5.53. The first kappa shape index (κ1) is 13.2. The fourth-order valence-electron chi connectivity index (χ4n) is 1.40. The minimum Gasteiger partial charge on any atom is -0.374 e. The first-order valence-corrected chi connectivity index (χ1v) is 5.40. The van der Waals surface area contributed by atoms with Gasteiger partial charge in [0.05, 0.1) is 5.56 Å². The van der Waals surface area contributed by atoms with Crippen molar-refractivity contribution in [1.82, 2.24) is 0 Å². The smallest absolute Gasteiger partial charge is 0.374 e. The molecule has 0 aliphatic carbocycles. The molecule has 0 saturated heterocycles. The highest BCUT2D eigenvalue weighted by atomic mass is 35.5. The molecule has 90 valence electrons. The minimum absolute atomic E-state index is 0.0825. The van der Waals surface area contributed by atoms with E-state index in [1.54, 1.807) is 24.9 Å². The summed E-state index contributed by atoms with van der Waals surface area (Å²) in [6.45, 7) is 2.32. The third-order valence-electron chi connectivity index (χ3n) is 2.41. The van der Waals surface area contributed by atoms with Crippen LogP contribution in [0.3, 0.4) is 0 Å². The second-order valence-electron chi connectivity index (χ2n) is 3.50. The summed E-state index contributed by atoms with van der Waals surface area (Å²) in [7, 11) is 1.63. The molecule has 1 nitrogen and oxygen atoms in total. The zero-order valence-electron chi connectivity index (χ0n) is 9.11. The van der Waals surface area contributed by atoms with Crippen LogP contribution in [-0.2, 0) is 12.1 Å². The van der Waals surface area contributed by atoms with Crippen LogP contribution < -0.4 is 4.90 Å². The summed E-state index contributed by atoms with van der Waals surface area (Å²) in [5, 5.41) is 0. The van der Waals surface area contributed by atoms with Crippen LogP contribution in [0, 0.1) is 0 Å². The Kier molecular flexibility index (Phi) is 4.08. The predicted molar refractivity (Wildman–Crippen MR) is 59.9 cm³/mol. The monoisotopic (exact) mass is 251 g/mol. The second-order valence-corrected chi connectivity index (χ2v) is 3.76. The van der Waals surface area contributed by atoms with E-state index in [9.17, 15) is 13.2 Å². The standard InChI is InChI=1S/C11H13ClF3N/c1-3-16(2)10-5-4-8(7-12)6-9(10)11(13,14)15/h4-6H,3,7H2,1-2H3. The van der Waals surface area contributed by atoms with E-state index in [-0.39, 0.29) is 11.6 Å². The van der Waals surface area contributed by atoms with E-state index in [1.807, 2.05) is 0 Å². The number of alkyl halides is 4. The lowest BCUT2D eigenvalue weighted by atomic mass is 10.1. The van der Waals surface area contributed by atoms with Gasteiger partial charge < -0.3 is 4.90 Å². The molecular formula is C11H13ClF3N. The highest BCUT2D eigenvalue weighted by molar-refractivity contribution is 6.17. The van der Waals surface area contributed by atoms with Gasteiger partial charge in [-0.05, 0) is 24.6 Å². The lowest BCUT2D eigenvalue weighted by Gasteiger charge is -2.22. The van der Waals surface area contributed by atoms with E-state index >= 15 is 0 Å². The van der Waals surface area contributed by atoms with Crippen molar-refractivity contribution in [2.45, 2.75) is 19.0 Å². The third kappa shape index (κ3) is 2.82. The van der Waals surface area contributed by atoms with Crippen LogP contribution in [0.2, 0.25) is 0 Å². The molecule has 0 N–H and O–H groups in total. The molecule has 0 spiro atoms. The number of rotatable bonds is 3. The Morgan fingerprint density at radius 3 is 2.38 bits per heavy atom. The van der Waals surface area contributed by atoms with Crippen LogP contribution in [0.4, 0.5) is 18.9 Å². The van der Waals surface area contributed by atoms with Crippen molar-refractivity contribution in [2.75, 3.05) is 18.5 Å². The van der Waals surface area contributed by atoms with Crippen LogP contribution in [-0.4, -0.2) is 13.6 Å². The molecule has 0 aliphatic rings. The van der Waals surface area contributed by atoms with Gasteiger partial charge in [-0.1, -0.05) is 6.07 Å². The summed E-state index contributed by atoms with van der Waals surface area (Å²) in [6.07, 6.45) is -4.35. The molecule has 0 unspecified atom stereocenters. The summed E-state index contributed by atoms with van der Waals surface area (Å²) < 4.78 is 38.4. The topological polar surface area (TPSA) is 3.24 Å². The van der Waals surface area contributed by atoms with Crippen LogP contribution in [0.1, 0.15) is 18.1 Å². The summed E-state index contributed by atoms with van der Waals surface area (Å²) in [6, 6.07) is 4.18. The lowest BCUT2D eigenvalue weighted by molar-refractivity contribution is -0.137. The van der Waals surface area contributed by atoms with Gasteiger partial charge in [0, 0.05) is 25.2 Å². The zero-order valence-corrected chi connectivity index (χ0v) is 9.86. The SMILES string of the molecule is CCN(C)c1ccc(CCl)cc1C(F)(F)F. The Morgan fingerprint density at radius 2 is 1.94 bits per heavy atom. The van der Waals surface area contributed by atoms with Crippen LogP contribution in [0.5, 0.6) is 0 Å². The van der Waals surface area contributed by atoms with Crippen LogP contribution in [0.25, 0.3) is 0 Å². The van der Waals surface area contributed by atoms with Gasteiger partial charge in [0.2, 0.25) is 0 Å². The van der Waals surface area contributed by atoms with Crippen LogP contribution >= 0.6 is 11.6 Å². The van der Waals surface area contributed by atoms with Gasteiger partial charge in [0.1, 0.15) is 0 Å². The number of halogens is 4. The van der Waals surface area contributed by atoms with Gasteiger partial charge in [-0.15, -0.1) is 11.6 Å². The van der Waals surface area contributed by atoms with Crippen molar-refractivity contribution >= 4 is 17.3 Å². The summed E-state index contributed by atoms with van der Waals surface area (Å²) in [5.74, 6) is 0.0825. The highest BCUT2D eigenvalue weighted by Gasteiger charge is 2.34. The number of nitrogens with zero attached hydrogens (tertiary/aromatic N) is 1. The number of hydrogen-bond acceptors (Lipinski definition) is 1. The molecule has 0 bridgehead atoms. The average Bonchev–Trinajstić information content (AvgIpc) is 2.26. The molecule has 0 aliphatic heterocycles. The Bertz CT molecular complexity index is 363. The fourth-order valence-corrected chi connectivity index (χ4v) is 1.56. The Balaban J connectivity index is 3.27. The summed E-state index contributed by atoms with van der Waals surface area (Å²) in [5.41, 5.74) is 0.0288. The van der Waals surface area contributed by atoms with Crippen molar-refractivity contribution in [1.29, 1.82) is 0 Å². The highest BCUT2D eigenvalue weighted by Crippen LogP contribution is 2.37. The molecule has 0 aromatic heterocycles. The number of hydrogen-bond donors (Lipinski definition) is 0. The molecule has 5 heteroatoms. The zero-order chi connectivity index (χ0) is 12.3. The molecule has 0 fully saturated rings. The first-order valence-electron chi connectivity index (χ1n) is 4.87. The van der Waals surface area contributed by atoms with Crippen molar-refractivity contribution in [3.63, 3.8) is 0 Å². The first-order chi connectivity index (χ1) is 7.40. The molecular weight excluding hydrogens is 239 g/mol. The van der Waals surface area contributed by atoms with Gasteiger partial charge in [0.25, 0.3) is 0 Å². The van der Waals surface area contributed by atoms with Crippen LogP contribution in [0.15, 0.2) is 18.2 Å². The molecule has 0 saturated carbocycles. The van der Waals surface area contributed by atoms with E-state index in [1.165, 1.54) is 6.07 Å². The predicted octanol–water partition coefficient (Wildman–Crippen LogP) is 3.90. The van der Waals surface area contributed by atoms with E-state index in [2.05, 4.69) is 0 Å². The second kappa shape index (κ2) is 4.95. The van der Waals surface area contributed by atoms with E-state index in [4.69, 9.17) is 11.6 Å². The van der Waals surface area contributed by atoms with Gasteiger partial charge in [-0.2, -0.15) is 13.2 Å². The maximum absolute atomic E-state index is 12.8. The van der Waals surface area contributed by atoms with Crippen molar-refractivity contribution < 1.29 is 13.2 Å². The van der Waals surface area contributed by atoms with E-state index < -0.39 is 11.7 Å². The van der Waals surface area contributed by atoms with E-state index in [0.29, 0.717) is 12.1 Å². The van der Waals surface area contributed by atoms with Crippen molar-refractivity contribution in [3.05, 3.63) is 29.3 Å². The molecule has 16 heavy (non-hydrogen) atoms. The van der Waals surface area contributed by atoms with E-state index in [0.717, 1.165) is 6.07 Å². The third-order valence-corrected chi connectivity index (χ3v) is 2.71. The molecule has 0 radical (unpaired) electrons. The average molecular weight is 252 g/mol. The maximum atomic E-state index is 12.8. The van der Waals surface area contributed by atoms with Crippen molar-refractivity contribution in [3.8, 4) is 0 Å². The van der Waals surface area contributed by atoms with Gasteiger partial charge in [-0.3, -0.25) is 0 Å². The number of anilines is 1. The normalized spacial score (nSPS) is 11.6. The molecule has 1 aromatic rings.